The fourth-order valence-corrected chi connectivity index (χ4v) is 2.39. The Balaban J connectivity index is 1.58. The van der Waals surface area contributed by atoms with E-state index in [0.717, 1.165) is 17.1 Å². The number of carbonyl (C=O) groups is 1. The van der Waals surface area contributed by atoms with E-state index in [1.807, 2.05) is 19.9 Å². The third-order valence-corrected chi connectivity index (χ3v) is 4.01. The van der Waals surface area contributed by atoms with E-state index in [1.165, 1.54) is 36.1 Å². The van der Waals surface area contributed by atoms with Crippen LogP contribution in [0.1, 0.15) is 55.6 Å². The van der Waals surface area contributed by atoms with Crippen LogP contribution in [0.2, 0.25) is 0 Å². The second-order valence-corrected chi connectivity index (χ2v) is 6.42. The SMILES string of the molecule is CC(C)c1cc(=O)n(CC(=O)NCc2cc(C3CC3)ncn2)cn1. The van der Waals surface area contributed by atoms with E-state index in [0.29, 0.717) is 12.5 Å². The molecule has 0 spiro atoms. The molecule has 126 valence electrons. The molecule has 1 saturated carbocycles. The molecule has 1 fully saturated rings. The quantitative estimate of drug-likeness (QED) is 0.865. The summed E-state index contributed by atoms with van der Waals surface area (Å²) in [5, 5.41) is 2.78. The van der Waals surface area contributed by atoms with Crippen LogP contribution in [-0.4, -0.2) is 25.4 Å². The lowest BCUT2D eigenvalue weighted by Gasteiger charge is -2.09. The molecule has 1 aliphatic rings. The Morgan fingerprint density at radius 3 is 2.75 bits per heavy atom. The van der Waals surface area contributed by atoms with E-state index in [4.69, 9.17) is 0 Å². The molecule has 0 saturated heterocycles. The highest BCUT2D eigenvalue weighted by Gasteiger charge is 2.25. The van der Waals surface area contributed by atoms with E-state index in [9.17, 15) is 9.59 Å². The van der Waals surface area contributed by atoms with Crippen LogP contribution in [0.25, 0.3) is 0 Å². The summed E-state index contributed by atoms with van der Waals surface area (Å²) in [5.41, 5.74) is 2.33. The van der Waals surface area contributed by atoms with Crippen molar-refractivity contribution in [1.82, 2.24) is 24.8 Å². The van der Waals surface area contributed by atoms with Crippen molar-refractivity contribution in [2.24, 2.45) is 0 Å². The van der Waals surface area contributed by atoms with E-state index in [1.54, 1.807) is 0 Å². The van der Waals surface area contributed by atoms with Gasteiger partial charge in [0, 0.05) is 17.7 Å². The molecule has 0 atom stereocenters. The molecule has 0 radical (unpaired) electrons. The number of nitrogens with one attached hydrogen (secondary N) is 1. The van der Waals surface area contributed by atoms with Gasteiger partial charge in [-0.25, -0.2) is 15.0 Å². The zero-order chi connectivity index (χ0) is 17.1. The third-order valence-electron chi connectivity index (χ3n) is 4.01. The Labute approximate surface area is 140 Å². The van der Waals surface area contributed by atoms with Gasteiger partial charge in [-0.2, -0.15) is 0 Å². The average Bonchev–Trinajstić information content (AvgIpc) is 3.40. The Morgan fingerprint density at radius 1 is 1.29 bits per heavy atom. The zero-order valence-corrected chi connectivity index (χ0v) is 13.9. The van der Waals surface area contributed by atoms with Gasteiger partial charge in [0.05, 0.1) is 24.3 Å². The van der Waals surface area contributed by atoms with Gasteiger partial charge in [-0.1, -0.05) is 13.8 Å². The first-order valence-electron chi connectivity index (χ1n) is 8.17. The Kier molecular flexibility index (Phi) is 4.69. The van der Waals surface area contributed by atoms with Crippen molar-refractivity contribution >= 4 is 5.91 Å². The van der Waals surface area contributed by atoms with Crippen LogP contribution < -0.4 is 10.9 Å². The van der Waals surface area contributed by atoms with Crippen LogP contribution in [0.4, 0.5) is 0 Å². The summed E-state index contributed by atoms with van der Waals surface area (Å²) in [4.78, 5) is 36.7. The van der Waals surface area contributed by atoms with Crippen molar-refractivity contribution in [2.45, 2.75) is 51.6 Å². The molecule has 0 unspecified atom stereocenters. The van der Waals surface area contributed by atoms with Crippen LogP contribution >= 0.6 is 0 Å². The molecule has 3 rings (SSSR count). The van der Waals surface area contributed by atoms with Gasteiger partial charge in [-0.15, -0.1) is 0 Å². The highest BCUT2D eigenvalue weighted by atomic mass is 16.2. The van der Waals surface area contributed by atoms with Gasteiger partial charge in [0.15, 0.2) is 0 Å². The van der Waals surface area contributed by atoms with E-state index in [-0.39, 0.29) is 23.9 Å². The minimum atomic E-state index is -0.247. The summed E-state index contributed by atoms with van der Waals surface area (Å²) >= 11 is 0. The Bertz CT molecular complexity index is 796. The van der Waals surface area contributed by atoms with Gasteiger partial charge < -0.3 is 5.32 Å². The van der Waals surface area contributed by atoms with Crippen molar-refractivity contribution in [3.63, 3.8) is 0 Å². The number of hydrogen-bond donors (Lipinski definition) is 1. The number of aromatic nitrogens is 4. The molecule has 2 aromatic rings. The van der Waals surface area contributed by atoms with Gasteiger partial charge in [0.2, 0.25) is 5.91 Å². The maximum atomic E-state index is 12.0. The predicted octanol–water partition coefficient (Wildman–Crippen LogP) is 1.35. The van der Waals surface area contributed by atoms with Gasteiger partial charge in [0.25, 0.3) is 5.56 Å². The molecule has 1 N–H and O–H groups in total. The molecule has 0 aliphatic heterocycles. The second kappa shape index (κ2) is 6.90. The Morgan fingerprint density at radius 2 is 2.08 bits per heavy atom. The first kappa shape index (κ1) is 16.3. The highest BCUT2D eigenvalue weighted by molar-refractivity contribution is 5.75. The number of hydrogen-bond acceptors (Lipinski definition) is 5. The topological polar surface area (TPSA) is 89.8 Å². The van der Waals surface area contributed by atoms with Crippen LogP contribution in [-0.2, 0) is 17.9 Å². The van der Waals surface area contributed by atoms with Crippen molar-refractivity contribution in [1.29, 1.82) is 0 Å². The monoisotopic (exact) mass is 327 g/mol. The number of amides is 1. The van der Waals surface area contributed by atoms with Crippen LogP contribution in [0.5, 0.6) is 0 Å². The summed E-state index contributed by atoms with van der Waals surface area (Å²) in [6.45, 7) is 4.21. The average molecular weight is 327 g/mol. The standard InChI is InChI=1S/C17H21N5O2/c1-11(2)14-6-17(24)22(10-21-14)8-16(23)18-7-13-5-15(12-3-4-12)20-9-19-13/h5-6,9-12H,3-4,7-8H2,1-2H3,(H,18,23). The van der Waals surface area contributed by atoms with Gasteiger partial charge in [-0.3, -0.25) is 14.2 Å². The molecular weight excluding hydrogens is 306 g/mol. The minimum Gasteiger partial charge on any atom is -0.349 e. The number of rotatable bonds is 6. The van der Waals surface area contributed by atoms with Crippen LogP contribution in [0.15, 0.2) is 29.6 Å². The fourth-order valence-electron chi connectivity index (χ4n) is 2.39. The van der Waals surface area contributed by atoms with Gasteiger partial charge in [0.1, 0.15) is 12.9 Å². The highest BCUT2D eigenvalue weighted by Crippen LogP contribution is 2.38. The molecule has 1 aliphatic carbocycles. The van der Waals surface area contributed by atoms with E-state index < -0.39 is 0 Å². The van der Waals surface area contributed by atoms with Gasteiger partial charge >= 0.3 is 0 Å². The molecule has 0 bridgehead atoms. The first-order valence-corrected chi connectivity index (χ1v) is 8.17. The molecule has 7 heteroatoms. The summed E-state index contributed by atoms with van der Waals surface area (Å²) in [7, 11) is 0. The molecular formula is C17H21N5O2. The normalized spacial score (nSPS) is 14.0. The molecule has 2 aromatic heterocycles. The summed E-state index contributed by atoms with van der Waals surface area (Å²) in [6.07, 6.45) is 5.30. The summed E-state index contributed by atoms with van der Waals surface area (Å²) < 4.78 is 1.30. The lowest BCUT2D eigenvalue weighted by molar-refractivity contribution is -0.121. The predicted molar refractivity (Wildman–Crippen MR) is 88.4 cm³/mol. The largest absolute Gasteiger partial charge is 0.349 e. The van der Waals surface area contributed by atoms with Crippen molar-refractivity contribution in [2.75, 3.05) is 0 Å². The summed E-state index contributed by atoms with van der Waals surface area (Å²) in [6, 6.07) is 3.41. The van der Waals surface area contributed by atoms with E-state index in [2.05, 4.69) is 20.3 Å². The summed E-state index contributed by atoms with van der Waals surface area (Å²) in [5.74, 6) is 0.481. The lowest BCUT2D eigenvalue weighted by Crippen LogP contribution is -2.32. The lowest BCUT2D eigenvalue weighted by atomic mass is 10.1. The van der Waals surface area contributed by atoms with Crippen molar-refractivity contribution in [3.05, 3.63) is 52.2 Å². The molecule has 7 nitrogen and oxygen atoms in total. The zero-order valence-electron chi connectivity index (χ0n) is 13.9. The smallest absolute Gasteiger partial charge is 0.254 e. The second-order valence-electron chi connectivity index (χ2n) is 6.42. The maximum Gasteiger partial charge on any atom is 0.254 e. The fraction of sp³-hybridized carbons (Fsp3) is 0.471. The maximum absolute atomic E-state index is 12.0. The van der Waals surface area contributed by atoms with Crippen LogP contribution in [0, 0.1) is 0 Å². The molecule has 2 heterocycles. The minimum absolute atomic E-state index is 0.0508. The van der Waals surface area contributed by atoms with Crippen LogP contribution in [0.3, 0.4) is 0 Å². The third kappa shape index (κ3) is 4.04. The number of nitrogens with zero attached hydrogens (tertiary/aromatic N) is 4. The first-order chi connectivity index (χ1) is 11.5. The van der Waals surface area contributed by atoms with E-state index >= 15 is 0 Å². The number of carbonyl (C=O) groups excluding carboxylic acids is 1. The molecule has 1 amide bonds. The van der Waals surface area contributed by atoms with Crippen molar-refractivity contribution in [3.8, 4) is 0 Å². The van der Waals surface area contributed by atoms with Crippen molar-refractivity contribution < 1.29 is 4.79 Å². The Hall–Kier alpha value is -2.57. The van der Waals surface area contributed by atoms with Gasteiger partial charge in [-0.05, 0) is 24.8 Å². The molecule has 24 heavy (non-hydrogen) atoms. The molecule has 0 aromatic carbocycles.